The molecule has 2 N–H and O–H groups in total. The fourth-order valence-corrected chi connectivity index (χ4v) is 3.10. The van der Waals surface area contributed by atoms with Crippen molar-refractivity contribution in [2.45, 2.75) is 13.0 Å². The van der Waals surface area contributed by atoms with E-state index in [1.807, 2.05) is 54.1 Å². The highest BCUT2D eigenvalue weighted by atomic mass is 32.1. The van der Waals surface area contributed by atoms with E-state index >= 15 is 0 Å². The van der Waals surface area contributed by atoms with Crippen molar-refractivity contribution in [1.82, 2.24) is 4.57 Å². The van der Waals surface area contributed by atoms with Crippen LogP contribution in [0.15, 0.2) is 52.0 Å². The number of nitrogen functional groups attached to an aromatic ring is 1. The fourth-order valence-electron chi connectivity index (χ4n) is 2.35. The first-order chi connectivity index (χ1) is 9.18. The zero-order valence-corrected chi connectivity index (χ0v) is 11.4. The van der Waals surface area contributed by atoms with Crippen LogP contribution < -0.4 is 11.3 Å². The van der Waals surface area contributed by atoms with Crippen molar-refractivity contribution < 1.29 is 0 Å². The minimum atomic E-state index is -0.0524. The van der Waals surface area contributed by atoms with Gasteiger partial charge in [-0.3, -0.25) is 9.36 Å². The molecular formula is C15H14N2OS. The van der Waals surface area contributed by atoms with Crippen molar-refractivity contribution in [2.75, 3.05) is 5.73 Å². The number of nitrogens with two attached hydrogens (primary N) is 1. The molecule has 0 amide bonds. The Morgan fingerprint density at radius 1 is 1.26 bits per heavy atom. The number of nitrogens with zero attached hydrogens (tertiary/aromatic N) is 1. The molecule has 19 heavy (non-hydrogen) atoms. The third-order valence-corrected chi connectivity index (χ3v) is 4.11. The number of rotatable bonds is 2. The second-order valence-corrected chi connectivity index (χ2v) is 5.34. The third kappa shape index (κ3) is 1.94. The molecule has 1 atom stereocenters. The third-order valence-electron chi connectivity index (χ3n) is 3.40. The molecule has 0 fully saturated rings. The van der Waals surface area contributed by atoms with Gasteiger partial charge in [0.05, 0.1) is 6.04 Å². The van der Waals surface area contributed by atoms with Gasteiger partial charge in [-0.25, -0.2) is 0 Å². The van der Waals surface area contributed by atoms with E-state index in [9.17, 15) is 4.79 Å². The van der Waals surface area contributed by atoms with Crippen LogP contribution in [0.1, 0.15) is 18.5 Å². The Bertz CT molecular complexity index is 774. The van der Waals surface area contributed by atoms with Gasteiger partial charge >= 0.3 is 0 Å². The lowest BCUT2D eigenvalue weighted by atomic mass is 10.1. The van der Waals surface area contributed by atoms with Crippen molar-refractivity contribution >= 4 is 27.9 Å². The van der Waals surface area contributed by atoms with Gasteiger partial charge in [-0.15, -0.1) is 0 Å². The minimum Gasteiger partial charge on any atom is -0.385 e. The van der Waals surface area contributed by atoms with Gasteiger partial charge in [0.1, 0.15) is 5.82 Å². The van der Waals surface area contributed by atoms with Crippen LogP contribution in [0.4, 0.5) is 5.82 Å². The maximum Gasteiger partial charge on any atom is 0.260 e. The van der Waals surface area contributed by atoms with E-state index in [1.165, 1.54) is 0 Å². The van der Waals surface area contributed by atoms with Gasteiger partial charge in [0.25, 0.3) is 5.56 Å². The predicted octanol–water partition coefficient (Wildman–Crippen LogP) is 3.25. The van der Waals surface area contributed by atoms with E-state index in [0.29, 0.717) is 11.2 Å². The van der Waals surface area contributed by atoms with Crippen molar-refractivity contribution in [3.8, 4) is 0 Å². The zero-order valence-electron chi connectivity index (χ0n) is 10.5. The van der Waals surface area contributed by atoms with E-state index in [4.69, 9.17) is 5.73 Å². The van der Waals surface area contributed by atoms with Gasteiger partial charge in [0.15, 0.2) is 0 Å². The number of pyridine rings is 1. The molecule has 96 valence electrons. The van der Waals surface area contributed by atoms with E-state index in [2.05, 4.69) is 0 Å². The molecule has 0 saturated carbocycles. The number of benzene rings is 1. The van der Waals surface area contributed by atoms with Crippen LogP contribution in [-0.4, -0.2) is 4.57 Å². The molecule has 0 saturated heterocycles. The first-order valence-electron chi connectivity index (χ1n) is 6.10. The average Bonchev–Trinajstić information content (AvgIpc) is 2.92. The standard InChI is InChI=1S/C15H14N2OS/c1-10(12-6-7-19-9-12)17-14(16)8-11-4-2-3-5-13(11)15(17)18/h2-10H,16H2,1H3. The van der Waals surface area contributed by atoms with Crippen LogP contribution in [0.25, 0.3) is 10.8 Å². The highest BCUT2D eigenvalue weighted by molar-refractivity contribution is 7.07. The quantitative estimate of drug-likeness (QED) is 0.777. The van der Waals surface area contributed by atoms with Gasteiger partial charge in [-0.2, -0.15) is 11.3 Å². The molecule has 0 radical (unpaired) electrons. The predicted molar refractivity (Wildman–Crippen MR) is 80.8 cm³/mol. The van der Waals surface area contributed by atoms with Crippen LogP contribution in [0.3, 0.4) is 0 Å². The summed E-state index contributed by atoms with van der Waals surface area (Å²) in [5.41, 5.74) is 7.13. The summed E-state index contributed by atoms with van der Waals surface area (Å²) >= 11 is 1.62. The van der Waals surface area contributed by atoms with Gasteiger partial charge in [-0.05, 0) is 46.8 Å². The lowest BCUT2D eigenvalue weighted by molar-refractivity contribution is 0.631. The second kappa shape index (κ2) is 4.55. The van der Waals surface area contributed by atoms with Crippen LogP contribution >= 0.6 is 11.3 Å². The molecule has 1 unspecified atom stereocenters. The van der Waals surface area contributed by atoms with Gasteiger partial charge < -0.3 is 5.73 Å². The summed E-state index contributed by atoms with van der Waals surface area (Å²) in [6.07, 6.45) is 0. The molecule has 0 aliphatic carbocycles. The lowest BCUT2D eigenvalue weighted by Gasteiger charge is -2.17. The lowest BCUT2D eigenvalue weighted by Crippen LogP contribution is -2.26. The van der Waals surface area contributed by atoms with E-state index in [0.717, 1.165) is 10.9 Å². The summed E-state index contributed by atoms with van der Waals surface area (Å²) < 4.78 is 1.66. The molecule has 1 aromatic carbocycles. The summed E-state index contributed by atoms with van der Waals surface area (Å²) in [4.78, 5) is 12.6. The van der Waals surface area contributed by atoms with Crippen molar-refractivity contribution in [3.05, 3.63) is 63.1 Å². The van der Waals surface area contributed by atoms with E-state index in [1.54, 1.807) is 15.9 Å². The van der Waals surface area contributed by atoms with Crippen LogP contribution in [0.5, 0.6) is 0 Å². The minimum absolute atomic E-state index is 0.0331. The molecule has 2 aromatic heterocycles. The topological polar surface area (TPSA) is 48.0 Å². The van der Waals surface area contributed by atoms with Gasteiger partial charge in [-0.1, -0.05) is 18.2 Å². The zero-order chi connectivity index (χ0) is 13.4. The monoisotopic (exact) mass is 270 g/mol. The first-order valence-corrected chi connectivity index (χ1v) is 7.04. The molecule has 0 aliphatic rings. The summed E-state index contributed by atoms with van der Waals surface area (Å²) in [7, 11) is 0. The largest absolute Gasteiger partial charge is 0.385 e. The van der Waals surface area contributed by atoms with Crippen LogP contribution in [0.2, 0.25) is 0 Å². The van der Waals surface area contributed by atoms with Crippen LogP contribution in [-0.2, 0) is 0 Å². The summed E-state index contributed by atoms with van der Waals surface area (Å²) in [6.45, 7) is 1.99. The Kier molecular flexibility index (Phi) is 2.87. The number of aromatic nitrogens is 1. The van der Waals surface area contributed by atoms with Crippen molar-refractivity contribution in [3.63, 3.8) is 0 Å². The Labute approximate surface area is 114 Å². The molecule has 3 nitrogen and oxygen atoms in total. The average molecular weight is 270 g/mol. The second-order valence-electron chi connectivity index (χ2n) is 4.56. The molecule has 3 aromatic rings. The number of anilines is 1. The van der Waals surface area contributed by atoms with E-state index < -0.39 is 0 Å². The van der Waals surface area contributed by atoms with Gasteiger partial charge in [0.2, 0.25) is 0 Å². The van der Waals surface area contributed by atoms with Crippen LogP contribution in [0, 0.1) is 0 Å². The highest BCUT2D eigenvalue weighted by Gasteiger charge is 2.14. The summed E-state index contributed by atoms with van der Waals surface area (Å²) in [5.74, 6) is 0.502. The SMILES string of the molecule is CC(c1ccsc1)n1c(N)cc2ccccc2c1=O. The maximum atomic E-state index is 12.6. The number of hydrogen-bond acceptors (Lipinski definition) is 3. The summed E-state index contributed by atoms with van der Waals surface area (Å²) in [6, 6.07) is 11.4. The number of thiophene rings is 1. The Hall–Kier alpha value is -2.07. The number of fused-ring (bicyclic) bond motifs is 1. The first kappa shape index (κ1) is 12.0. The maximum absolute atomic E-state index is 12.6. The normalized spacial score (nSPS) is 12.7. The molecule has 2 heterocycles. The molecule has 3 rings (SSSR count). The molecule has 4 heteroatoms. The Balaban J connectivity index is 2.27. The number of hydrogen-bond donors (Lipinski definition) is 1. The summed E-state index contributed by atoms with van der Waals surface area (Å²) in [5, 5.41) is 5.65. The Morgan fingerprint density at radius 2 is 2.05 bits per heavy atom. The van der Waals surface area contributed by atoms with Crippen molar-refractivity contribution in [1.29, 1.82) is 0 Å². The highest BCUT2D eigenvalue weighted by Crippen LogP contribution is 2.23. The molecule has 0 bridgehead atoms. The molecular weight excluding hydrogens is 256 g/mol. The molecule has 0 aliphatic heterocycles. The smallest absolute Gasteiger partial charge is 0.260 e. The fraction of sp³-hybridized carbons (Fsp3) is 0.133. The van der Waals surface area contributed by atoms with Crippen molar-refractivity contribution in [2.24, 2.45) is 0 Å². The van der Waals surface area contributed by atoms with E-state index in [-0.39, 0.29) is 11.6 Å². The molecule has 0 spiro atoms. The van der Waals surface area contributed by atoms with Gasteiger partial charge in [0, 0.05) is 5.39 Å². The Morgan fingerprint density at radius 3 is 2.79 bits per heavy atom.